The lowest BCUT2D eigenvalue weighted by Gasteiger charge is -2.45. The van der Waals surface area contributed by atoms with Gasteiger partial charge in [-0.2, -0.15) is 5.10 Å². The van der Waals surface area contributed by atoms with E-state index in [1.807, 2.05) is 11.6 Å². The van der Waals surface area contributed by atoms with Gasteiger partial charge in [-0.05, 0) is 51.9 Å². The van der Waals surface area contributed by atoms with E-state index in [1.165, 1.54) is 6.42 Å². The van der Waals surface area contributed by atoms with E-state index in [9.17, 15) is 4.79 Å². The third kappa shape index (κ3) is 5.81. The second kappa shape index (κ2) is 8.76. The van der Waals surface area contributed by atoms with Crippen LogP contribution in [0.15, 0.2) is 0 Å². The Labute approximate surface area is 165 Å². The van der Waals surface area contributed by atoms with E-state index >= 15 is 0 Å². The molecule has 0 radical (unpaired) electrons. The fourth-order valence-electron chi connectivity index (χ4n) is 4.32. The molecule has 0 spiro atoms. The van der Waals surface area contributed by atoms with Crippen LogP contribution in [-0.2, 0) is 17.8 Å². The highest BCUT2D eigenvalue weighted by Crippen LogP contribution is 2.27. The number of carbonyl (C=O) groups is 1. The van der Waals surface area contributed by atoms with Gasteiger partial charge in [-0.3, -0.25) is 14.4 Å². The van der Waals surface area contributed by atoms with Crippen LogP contribution in [0.25, 0.3) is 0 Å². The number of rotatable bonds is 7. The average molecular weight is 377 g/mol. The van der Waals surface area contributed by atoms with E-state index < -0.39 is 0 Å². The minimum Gasteiger partial charge on any atom is -0.354 e. The van der Waals surface area contributed by atoms with Crippen molar-refractivity contribution in [2.24, 2.45) is 17.8 Å². The van der Waals surface area contributed by atoms with Crippen molar-refractivity contribution in [3.05, 3.63) is 17.0 Å². The molecule has 27 heavy (non-hydrogen) atoms. The molecule has 2 atom stereocenters. The maximum atomic E-state index is 12.6. The molecule has 154 valence electrons. The Morgan fingerprint density at radius 2 is 1.81 bits per heavy atom. The Hall–Kier alpha value is -1.36. The standard InChI is InChI=1S/C22H40N4O/c1-15(2)11-26-19(6)20(18(5)24-26)10-21(27)23-14-22(7,8)25-12-16(3)9-17(4)13-25/h15-17H,9-14H2,1-8H3,(H,23,27). The Kier molecular flexibility index (Phi) is 7.12. The molecule has 0 saturated carbocycles. The third-order valence-corrected chi connectivity index (χ3v) is 5.85. The van der Waals surface area contributed by atoms with E-state index in [4.69, 9.17) is 0 Å². The Morgan fingerprint density at radius 1 is 1.22 bits per heavy atom. The zero-order valence-electron chi connectivity index (χ0n) is 18.7. The smallest absolute Gasteiger partial charge is 0.224 e. The van der Waals surface area contributed by atoms with Crippen molar-refractivity contribution >= 4 is 5.91 Å². The summed E-state index contributed by atoms with van der Waals surface area (Å²) < 4.78 is 2.04. The summed E-state index contributed by atoms with van der Waals surface area (Å²) in [5, 5.41) is 7.82. The summed E-state index contributed by atoms with van der Waals surface area (Å²) in [7, 11) is 0. The van der Waals surface area contributed by atoms with Crippen LogP contribution in [0, 0.1) is 31.6 Å². The second-order valence-electron chi connectivity index (χ2n) is 9.84. The molecule has 1 N–H and O–H groups in total. The molecule has 1 aliphatic heterocycles. The van der Waals surface area contributed by atoms with E-state index in [0.29, 0.717) is 18.9 Å². The monoisotopic (exact) mass is 376 g/mol. The Balaban J connectivity index is 1.95. The molecule has 5 heteroatoms. The number of amides is 1. The Morgan fingerprint density at radius 3 is 2.37 bits per heavy atom. The number of hydrogen-bond acceptors (Lipinski definition) is 3. The van der Waals surface area contributed by atoms with Crippen LogP contribution in [0.4, 0.5) is 0 Å². The van der Waals surface area contributed by atoms with Crippen molar-refractivity contribution in [2.45, 2.75) is 80.3 Å². The lowest BCUT2D eigenvalue weighted by molar-refractivity contribution is -0.121. The molecular formula is C22H40N4O. The number of carbonyl (C=O) groups excluding carboxylic acids is 1. The van der Waals surface area contributed by atoms with Gasteiger partial charge in [0.05, 0.1) is 12.1 Å². The van der Waals surface area contributed by atoms with Crippen molar-refractivity contribution in [2.75, 3.05) is 19.6 Å². The maximum absolute atomic E-state index is 12.6. The quantitative estimate of drug-likeness (QED) is 0.791. The topological polar surface area (TPSA) is 50.2 Å². The number of piperidine rings is 1. The summed E-state index contributed by atoms with van der Waals surface area (Å²) >= 11 is 0. The molecule has 1 aromatic rings. The molecule has 0 aromatic carbocycles. The van der Waals surface area contributed by atoms with Crippen LogP contribution in [0.3, 0.4) is 0 Å². The molecule has 0 aliphatic carbocycles. The highest BCUT2D eigenvalue weighted by atomic mass is 16.1. The largest absolute Gasteiger partial charge is 0.354 e. The first-order valence-electron chi connectivity index (χ1n) is 10.5. The fraction of sp³-hybridized carbons (Fsp3) is 0.818. The van der Waals surface area contributed by atoms with Gasteiger partial charge in [-0.25, -0.2) is 0 Å². The molecule has 5 nitrogen and oxygen atoms in total. The average Bonchev–Trinajstić information content (AvgIpc) is 2.79. The number of nitrogens with zero attached hydrogens (tertiary/aromatic N) is 3. The van der Waals surface area contributed by atoms with Gasteiger partial charge in [0.25, 0.3) is 0 Å². The second-order valence-corrected chi connectivity index (χ2v) is 9.84. The van der Waals surface area contributed by atoms with Crippen LogP contribution >= 0.6 is 0 Å². The number of nitrogens with one attached hydrogen (secondary N) is 1. The maximum Gasteiger partial charge on any atom is 0.224 e. The summed E-state index contributed by atoms with van der Waals surface area (Å²) in [4.78, 5) is 15.2. The number of aryl methyl sites for hydroxylation is 1. The van der Waals surface area contributed by atoms with Gasteiger partial charge in [0.2, 0.25) is 5.91 Å². The minimum absolute atomic E-state index is 0.0233. The molecule has 1 fully saturated rings. The SMILES string of the molecule is Cc1nn(CC(C)C)c(C)c1CC(=O)NCC(C)(C)N1CC(C)CC(C)C1. The van der Waals surface area contributed by atoms with Crippen LogP contribution in [0.5, 0.6) is 0 Å². The van der Waals surface area contributed by atoms with Crippen molar-refractivity contribution in [1.82, 2.24) is 20.0 Å². The summed E-state index contributed by atoms with van der Waals surface area (Å²) in [5.41, 5.74) is 3.14. The van der Waals surface area contributed by atoms with Gasteiger partial charge in [0.1, 0.15) is 0 Å². The normalized spacial score (nSPS) is 21.7. The van der Waals surface area contributed by atoms with Crippen LogP contribution < -0.4 is 5.32 Å². The number of aromatic nitrogens is 2. The van der Waals surface area contributed by atoms with Crippen LogP contribution in [0.2, 0.25) is 0 Å². The molecular weight excluding hydrogens is 336 g/mol. The van der Waals surface area contributed by atoms with E-state index in [-0.39, 0.29) is 11.4 Å². The molecule has 1 saturated heterocycles. The minimum atomic E-state index is -0.0233. The summed E-state index contributed by atoms with van der Waals surface area (Å²) in [6, 6.07) is 0. The first-order chi connectivity index (χ1) is 12.5. The van der Waals surface area contributed by atoms with Gasteiger partial charge in [-0.1, -0.05) is 27.7 Å². The van der Waals surface area contributed by atoms with Crippen molar-refractivity contribution in [3.8, 4) is 0 Å². The lowest BCUT2D eigenvalue weighted by Crippen LogP contribution is -2.56. The molecule has 2 heterocycles. The third-order valence-electron chi connectivity index (χ3n) is 5.85. The van der Waals surface area contributed by atoms with Crippen LogP contribution in [-0.4, -0.2) is 45.8 Å². The highest BCUT2D eigenvalue weighted by Gasteiger charge is 2.33. The first kappa shape index (κ1) is 21.9. The number of likely N-dealkylation sites (tertiary alicyclic amines) is 1. The zero-order chi connectivity index (χ0) is 20.4. The molecule has 2 rings (SSSR count). The molecule has 1 amide bonds. The van der Waals surface area contributed by atoms with Gasteiger partial charge in [0.15, 0.2) is 0 Å². The summed E-state index contributed by atoms with van der Waals surface area (Å²) in [5.74, 6) is 2.08. The van der Waals surface area contributed by atoms with Crippen molar-refractivity contribution in [3.63, 3.8) is 0 Å². The van der Waals surface area contributed by atoms with Crippen molar-refractivity contribution < 1.29 is 4.79 Å². The van der Waals surface area contributed by atoms with E-state index in [1.54, 1.807) is 0 Å². The predicted octanol–water partition coefficient (Wildman–Crippen LogP) is 3.57. The highest BCUT2D eigenvalue weighted by molar-refractivity contribution is 5.79. The van der Waals surface area contributed by atoms with Gasteiger partial charge < -0.3 is 5.32 Å². The summed E-state index contributed by atoms with van der Waals surface area (Å²) in [6.45, 7) is 21.4. The first-order valence-corrected chi connectivity index (χ1v) is 10.5. The zero-order valence-corrected chi connectivity index (χ0v) is 18.7. The van der Waals surface area contributed by atoms with Gasteiger partial charge in [-0.15, -0.1) is 0 Å². The molecule has 1 aromatic heterocycles. The molecule has 0 bridgehead atoms. The predicted molar refractivity (Wildman–Crippen MR) is 112 cm³/mol. The van der Waals surface area contributed by atoms with Gasteiger partial charge in [0, 0.05) is 43.0 Å². The number of hydrogen-bond donors (Lipinski definition) is 1. The van der Waals surface area contributed by atoms with Gasteiger partial charge >= 0.3 is 0 Å². The fourth-order valence-corrected chi connectivity index (χ4v) is 4.32. The van der Waals surface area contributed by atoms with E-state index in [0.717, 1.165) is 48.4 Å². The molecule has 1 aliphatic rings. The Bertz CT molecular complexity index is 637. The lowest BCUT2D eigenvalue weighted by atomic mass is 9.88. The van der Waals surface area contributed by atoms with E-state index in [2.05, 4.69) is 63.8 Å². The van der Waals surface area contributed by atoms with Crippen molar-refractivity contribution in [1.29, 1.82) is 0 Å². The van der Waals surface area contributed by atoms with Crippen LogP contribution in [0.1, 0.15) is 64.9 Å². The molecule has 2 unspecified atom stereocenters. The summed E-state index contributed by atoms with van der Waals surface area (Å²) in [6.07, 6.45) is 1.72.